The molecule has 0 radical (unpaired) electrons. The van der Waals surface area contributed by atoms with E-state index in [1.165, 1.54) is 70.9 Å². The molecule has 0 N–H and O–H groups in total. The molecule has 1 heterocycles. The van der Waals surface area contributed by atoms with E-state index in [1.54, 1.807) is 0 Å². The van der Waals surface area contributed by atoms with Gasteiger partial charge in [-0.3, -0.25) is 4.90 Å². The molecular formula is C20H45N. The number of nitrogens with zero attached hydrogens (tertiary/aromatic N) is 1. The average molecular weight is 300 g/mol. The summed E-state index contributed by atoms with van der Waals surface area (Å²) >= 11 is 0. The van der Waals surface area contributed by atoms with Crippen molar-refractivity contribution < 1.29 is 0 Å². The lowest BCUT2D eigenvalue weighted by Crippen LogP contribution is -2.13. The van der Waals surface area contributed by atoms with Gasteiger partial charge in [0.25, 0.3) is 0 Å². The SMILES string of the molecule is C1CCC1.CC.CC.CCCC(C)CCCC(C)N1CC1. The zero-order chi connectivity index (χ0) is 16.5. The molecule has 21 heavy (non-hydrogen) atoms. The molecule has 2 aliphatic rings. The molecule has 0 spiro atoms. The van der Waals surface area contributed by atoms with Crippen LogP contribution in [0.4, 0.5) is 0 Å². The van der Waals surface area contributed by atoms with Gasteiger partial charge in [0.15, 0.2) is 0 Å². The fourth-order valence-corrected chi connectivity index (χ4v) is 2.33. The van der Waals surface area contributed by atoms with Crippen LogP contribution in [0.1, 0.15) is 106 Å². The number of hydrogen-bond donors (Lipinski definition) is 0. The monoisotopic (exact) mass is 299 g/mol. The van der Waals surface area contributed by atoms with E-state index in [-0.39, 0.29) is 0 Å². The highest BCUT2D eigenvalue weighted by Gasteiger charge is 2.22. The second-order valence-corrected chi connectivity index (χ2v) is 6.12. The standard InChI is InChI=1S/C12H25N.C4H8.2C2H6/c1-4-6-11(2)7-5-8-12(3)13-9-10-13;1-2-4-3-1;2*1-2/h11-12H,4-10H2,1-3H3;1-4H2;2*1-2H3. The summed E-state index contributed by atoms with van der Waals surface area (Å²) in [5, 5.41) is 0. The van der Waals surface area contributed by atoms with Crippen LogP contribution < -0.4 is 0 Å². The first kappa shape index (κ1) is 23.2. The third-order valence-electron chi connectivity index (χ3n) is 4.21. The Balaban J connectivity index is 0. The summed E-state index contributed by atoms with van der Waals surface area (Å²) in [7, 11) is 0. The summed E-state index contributed by atoms with van der Waals surface area (Å²) in [6.45, 7) is 17.8. The van der Waals surface area contributed by atoms with Crippen molar-refractivity contribution in [2.24, 2.45) is 5.92 Å². The van der Waals surface area contributed by atoms with Crippen LogP contribution >= 0.6 is 0 Å². The lowest BCUT2D eigenvalue weighted by atomic mass is 9.98. The molecule has 2 rings (SSSR count). The Hall–Kier alpha value is -0.0400. The van der Waals surface area contributed by atoms with E-state index < -0.39 is 0 Å². The van der Waals surface area contributed by atoms with Gasteiger partial charge in [0.1, 0.15) is 0 Å². The van der Waals surface area contributed by atoms with Crippen LogP contribution in [-0.2, 0) is 0 Å². The van der Waals surface area contributed by atoms with E-state index in [0.717, 1.165) is 12.0 Å². The smallest absolute Gasteiger partial charge is 0.0113 e. The lowest BCUT2D eigenvalue weighted by molar-refractivity contribution is 0.368. The maximum absolute atomic E-state index is 2.56. The van der Waals surface area contributed by atoms with Gasteiger partial charge in [-0.15, -0.1) is 0 Å². The zero-order valence-corrected chi connectivity index (χ0v) is 16.4. The van der Waals surface area contributed by atoms with Gasteiger partial charge in [0.05, 0.1) is 0 Å². The third-order valence-corrected chi connectivity index (χ3v) is 4.21. The van der Waals surface area contributed by atoms with Gasteiger partial charge in [-0.1, -0.05) is 92.9 Å². The Kier molecular flexibility index (Phi) is 19.9. The number of rotatable bonds is 7. The van der Waals surface area contributed by atoms with E-state index in [9.17, 15) is 0 Å². The summed E-state index contributed by atoms with van der Waals surface area (Å²) in [6.07, 6.45) is 13.0. The second kappa shape index (κ2) is 18.0. The fraction of sp³-hybridized carbons (Fsp3) is 1.00. The maximum Gasteiger partial charge on any atom is 0.0113 e. The lowest BCUT2D eigenvalue weighted by Gasteiger charge is -2.14. The van der Waals surface area contributed by atoms with Gasteiger partial charge in [-0.2, -0.15) is 0 Å². The summed E-state index contributed by atoms with van der Waals surface area (Å²) in [5.41, 5.74) is 0. The topological polar surface area (TPSA) is 3.01 Å². The molecule has 2 atom stereocenters. The van der Waals surface area contributed by atoms with Crippen LogP contribution in [0, 0.1) is 5.92 Å². The van der Waals surface area contributed by atoms with Crippen molar-refractivity contribution in [2.75, 3.05) is 13.1 Å². The molecule has 0 amide bonds. The Labute approximate surface area is 136 Å². The molecule has 0 aromatic heterocycles. The quantitative estimate of drug-likeness (QED) is 0.461. The third kappa shape index (κ3) is 16.2. The first-order valence-electron chi connectivity index (χ1n) is 9.98. The fourth-order valence-electron chi connectivity index (χ4n) is 2.33. The van der Waals surface area contributed by atoms with E-state index in [4.69, 9.17) is 0 Å². The van der Waals surface area contributed by atoms with E-state index in [2.05, 4.69) is 25.7 Å². The maximum atomic E-state index is 2.56. The molecule has 2 unspecified atom stereocenters. The normalized spacial score (nSPS) is 18.4. The van der Waals surface area contributed by atoms with Crippen LogP contribution in [0.5, 0.6) is 0 Å². The highest BCUT2D eigenvalue weighted by atomic mass is 15.3. The Morgan fingerprint density at radius 1 is 0.762 bits per heavy atom. The van der Waals surface area contributed by atoms with Crippen molar-refractivity contribution in [1.82, 2.24) is 4.90 Å². The molecule has 1 nitrogen and oxygen atoms in total. The minimum atomic E-state index is 0.855. The van der Waals surface area contributed by atoms with Crippen molar-refractivity contribution in [3.05, 3.63) is 0 Å². The van der Waals surface area contributed by atoms with Gasteiger partial charge >= 0.3 is 0 Å². The summed E-state index contributed by atoms with van der Waals surface area (Å²) in [6, 6.07) is 0.855. The van der Waals surface area contributed by atoms with E-state index in [0.29, 0.717) is 0 Å². The van der Waals surface area contributed by atoms with Gasteiger partial charge in [-0.25, -0.2) is 0 Å². The molecule has 2 fully saturated rings. The number of hydrogen-bond acceptors (Lipinski definition) is 1. The highest BCUT2D eigenvalue weighted by molar-refractivity contribution is 4.78. The van der Waals surface area contributed by atoms with Gasteiger partial charge in [-0.05, 0) is 19.3 Å². The predicted octanol–water partition coefficient (Wildman–Crippen LogP) is 6.91. The Bertz CT molecular complexity index is 167. The molecule has 0 aromatic rings. The molecule has 1 heteroatoms. The van der Waals surface area contributed by atoms with Crippen molar-refractivity contribution in [2.45, 2.75) is 112 Å². The molecule has 1 aliphatic carbocycles. The molecule has 0 bridgehead atoms. The van der Waals surface area contributed by atoms with Gasteiger partial charge in [0, 0.05) is 19.1 Å². The van der Waals surface area contributed by atoms with Gasteiger partial charge in [0.2, 0.25) is 0 Å². The minimum absolute atomic E-state index is 0.855. The Morgan fingerprint density at radius 2 is 1.24 bits per heavy atom. The van der Waals surface area contributed by atoms with Crippen LogP contribution in [0.2, 0.25) is 0 Å². The van der Waals surface area contributed by atoms with Crippen LogP contribution in [-0.4, -0.2) is 24.0 Å². The summed E-state index contributed by atoms with van der Waals surface area (Å²) in [5.74, 6) is 0.950. The van der Waals surface area contributed by atoms with Crippen molar-refractivity contribution >= 4 is 0 Å². The van der Waals surface area contributed by atoms with Gasteiger partial charge < -0.3 is 0 Å². The van der Waals surface area contributed by atoms with Crippen molar-refractivity contribution in [3.63, 3.8) is 0 Å². The summed E-state index contributed by atoms with van der Waals surface area (Å²) in [4.78, 5) is 2.56. The van der Waals surface area contributed by atoms with Crippen LogP contribution in [0.15, 0.2) is 0 Å². The van der Waals surface area contributed by atoms with E-state index in [1.807, 2.05) is 27.7 Å². The minimum Gasteiger partial charge on any atom is -0.298 e. The van der Waals surface area contributed by atoms with Crippen LogP contribution in [0.3, 0.4) is 0 Å². The second-order valence-electron chi connectivity index (χ2n) is 6.12. The Morgan fingerprint density at radius 3 is 1.57 bits per heavy atom. The van der Waals surface area contributed by atoms with E-state index >= 15 is 0 Å². The molecule has 0 aromatic carbocycles. The molecule has 1 aliphatic heterocycles. The first-order valence-corrected chi connectivity index (χ1v) is 9.98. The van der Waals surface area contributed by atoms with Crippen molar-refractivity contribution in [3.8, 4) is 0 Å². The van der Waals surface area contributed by atoms with Crippen molar-refractivity contribution in [1.29, 1.82) is 0 Å². The largest absolute Gasteiger partial charge is 0.298 e. The molecule has 130 valence electrons. The highest BCUT2D eigenvalue weighted by Crippen LogP contribution is 2.19. The first-order chi connectivity index (χ1) is 10.2. The zero-order valence-electron chi connectivity index (χ0n) is 16.4. The average Bonchev–Trinajstić information content (AvgIpc) is 3.26. The van der Waals surface area contributed by atoms with Crippen LogP contribution in [0.25, 0.3) is 0 Å². The predicted molar refractivity (Wildman–Crippen MR) is 100 cm³/mol. The summed E-state index contributed by atoms with van der Waals surface area (Å²) < 4.78 is 0. The molecular weight excluding hydrogens is 254 g/mol. The molecule has 1 saturated heterocycles. The molecule has 1 saturated carbocycles.